The molecule has 0 aliphatic carbocycles. The van der Waals surface area contributed by atoms with Gasteiger partial charge in [0.1, 0.15) is 6.04 Å². The van der Waals surface area contributed by atoms with Crippen LogP contribution in [-0.4, -0.2) is 23.1 Å². The minimum absolute atomic E-state index is 0.320. The number of rotatable bonds is 3. The molecular weight excluding hydrogens is 253 g/mol. The summed E-state index contributed by atoms with van der Waals surface area (Å²) in [6, 6.07) is -1.52. The van der Waals surface area contributed by atoms with Gasteiger partial charge in [0, 0.05) is 0 Å². The third-order valence-corrected chi connectivity index (χ3v) is 2.26. The molecule has 0 saturated carbocycles. The first-order chi connectivity index (χ1) is 8.27. The summed E-state index contributed by atoms with van der Waals surface area (Å²) in [4.78, 5) is 22.2. The van der Waals surface area contributed by atoms with E-state index in [2.05, 4.69) is 0 Å². The van der Waals surface area contributed by atoms with E-state index in [9.17, 15) is 22.8 Å². The number of carboxylic acid groups (broad SMARTS) is 1. The number of benzene rings is 1. The zero-order valence-electron chi connectivity index (χ0n) is 9.15. The lowest BCUT2D eigenvalue weighted by Gasteiger charge is -2.24. The molecule has 1 atom stereocenters. The summed E-state index contributed by atoms with van der Waals surface area (Å²) >= 11 is 0. The summed E-state index contributed by atoms with van der Waals surface area (Å²) < 4.78 is 39.2. The zero-order valence-corrected chi connectivity index (χ0v) is 9.15. The molecule has 0 fully saturated rings. The number of amides is 2. The van der Waals surface area contributed by atoms with Crippen molar-refractivity contribution in [1.29, 1.82) is 0 Å². The number of carbonyl (C=O) groups is 2. The van der Waals surface area contributed by atoms with Gasteiger partial charge in [-0.1, -0.05) is 0 Å². The molecule has 1 aromatic carbocycles. The van der Waals surface area contributed by atoms with Crippen molar-refractivity contribution in [3.8, 4) is 0 Å². The van der Waals surface area contributed by atoms with E-state index in [0.717, 1.165) is 13.0 Å². The highest BCUT2D eigenvalue weighted by Crippen LogP contribution is 2.25. The first-order valence-electron chi connectivity index (χ1n) is 4.72. The molecule has 3 N–H and O–H groups in total. The third-order valence-electron chi connectivity index (χ3n) is 2.26. The Labute approximate surface area is 99.6 Å². The maximum absolute atomic E-state index is 13.4. The Bertz CT molecular complexity index is 507. The van der Waals surface area contributed by atoms with Crippen LogP contribution in [0.1, 0.15) is 6.92 Å². The number of primary amides is 1. The Morgan fingerprint density at radius 2 is 1.83 bits per heavy atom. The number of halogens is 3. The smallest absolute Gasteiger partial charge is 0.326 e. The number of nitrogens with zero attached hydrogens (tertiary/aromatic N) is 1. The van der Waals surface area contributed by atoms with E-state index in [-0.39, 0.29) is 0 Å². The second-order valence-corrected chi connectivity index (χ2v) is 3.42. The lowest BCUT2D eigenvalue weighted by atomic mass is 10.2. The molecule has 18 heavy (non-hydrogen) atoms. The summed E-state index contributed by atoms with van der Waals surface area (Å²) in [5.74, 6) is -6.42. The number of carboxylic acids is 1. The monoisotopic (exact) mass is 262 g/mol. The lowest BCUT2D eigenvalue weighted by molar-refractivity contribution is -0.138. The van der Waals surface area contributed by atoms with Gasteiger partial charge in [-0.3, -0.25) is 4.90 Å². The molecule has 5 nitrogen and oxygen atoms in total. The van der Waals surface area contributed by atoms with E-state index < -0.39 is 41.2 Å². The second-order valence-electron chi connectivity index (χ2n) is 3.42. The van der Waals surface area contributed by atoms with Gasteiger partial charge in [-0.05, 0) is 19.1 Å². The standard InChI is InChI=1S/C10H9F3N2O3/c1-4(9(16)17)15(10(14)18)6-3-2-5(11)7(12)8(6)13/h2-4H,1H3,(H2,14,18)(H,16,17)/t4-/m1/s1. The van der Waals surface area contributed by atoms with Crippen molar-refractivity contribution in [3.63, 3.8) is 0 Å². The zero-order chi connectivity index (χ0) is 14.0. The molecule has 0 aromatic heterocycles. The van der Waals surface area contributed by atoms with Crippen LogP contribution in [-0.2, 0) is 4.79 Å². The molecule has 1 rings (SSSR count). The van der Waals surface area contributed by atoms with Crippen molar-refractivity contribution in [2.45, 2.75) is 13.0 Å². The van der Waals surface area contributed by atoms with Crippen LogP contribution < -0.4 is 10.6 Å². The van der Waals surface area contributed by atoms with Crippen LogP contribution in [0.2, 0.25) is 0 Å². The Balaban J connectivity index is 3.36. The predicted octanol–water partition coefficient (Wildman–Crippen LogP) is 1.46. The quantitative estimate of drug-likeness (QED) is 0.809. The fourth-order valence-corrected chi connectivity index (χ4v) is 1.33. The van der Waals surface area contributed by atoms with Crippen LogP contribution in [0, 0.1) is 17.5 Å². The van der Waals surface area contributed by atoms with E-state index in [4.69, 9.17) is 10.8 Å². The molecule has 0 spiro atoms. The first kappa shape index (κ1) is 13.8. The Morgan fingerprint density at radius 1 is 1.28 bits per heavy atom. The maximum atomic E-state index is 13.4. The highest BCUT2D eigenvalue weighted by atomic mass is 19.2. The summed E-state index contributed by atoms with van der Waals surface area (Å²) in [5, 5.41) is 8.74. The van der Waals surface area contributed by atoms with Gasteiger partial charge in [0.15, 0.2) is 17.5 Å². The second kappa shape index (κ2) is 4.94. The normalized spacial score (nSPS) is 12.0. The molecule has 1 aromatic rings. The van der Waals surface area contributed by atoms with Crippen LogP contribution >= 0.6 is 0 Å². The summed E-state index contributed by atoms with van der Waals surface area (Å²) in [7, 11) is 0. The van der Waals surface area contributed by atoms with E-state index >= 15 is 0 Å². The number of nitrogens with two attached hydrogens (primary N) is 1. The van der Waals surface area contributed by atoms with Crippen LogP contribution in [0.5, 0.6) is 0 Å². The topological polar surface area (TPSA) is 83.6 Å². The van der Waals surface area contributed by atoms with Crippen molar-refractivity contribution >= 4 is 17.7 Å². The fourth-order valence-electron chi connectivity index (χ4n) is 1.33. The van der Waals surface area contributed by atoms with Gasteiger partial charge in [-0.2, -0.15) is 0 Å². The van der Waals surface area contributed by atoms with Crippen LogP contribution in [0.15, 0.2) is 12.1 Å². The van der Waals surface area contributed by atoms with Crippen LogP contribution in [0.25, 0.3) is 0 Å². The fraction of sp³-hybridized carbons (Fsp3) is 0.200. The minimum Gasteiger partial charge on any atom is -0.480 e. The van der Waals surface area contributed by atoms with E-state index in [1.807, 2.05) is 0 Å². The number of hydrogen-bond acceptors (Lipinski definition) is 2. The molecule has 0 aliphatic heterocycles. The molecule has 2 amide bonds. The highest BCUT2D eigenvalue weighted by Gasteiger charge is 2.29. The predicted molar refractivity (Wildman–Crippen MR) is 55.5 cm³/mol. The minimum atomic E-state index is -1.81. The molecule has 0 unspecified atom stereocenters. The van der Waals surface area contributed by atoms with Gasteiger partial charge >= 0.3 is 12.0 Å². The molecule has 8 heteroatoms. The van der Waals surface area contributed by atoms with Gasteiger partial charge < -0.3 is 10.8 Å². The van der Waals surface area contributed by atoms with Gasteiger partial charge in [0.05, 0.1) is 5.69 Å². The maximum Gasteiger partial charge on any atom is 0.326 e. The SMILES string of the molecule is C[C@H](C(=O)O)N(C(N)=O)c1ccc(F)c(F)c1F. The molecule has 0 bridgehead atoms. The van der Waals surface area contributed by atoms with E-state index in [1.165, 1.54) is 0 Å². The van der Waals surface area contributed by atoms with Gasteiger partial charge in [-0.15, -0.1) is 0 Å². The molecule has 0 heterocycles. The largest absolute Gasteiger partial charge is 0.480 e. The molecule has 0 aliphatic rings. The average Bonchev–Trinajstić information content (AvgIpc) is 2.28. The van der Waals surface area contributed by atoms with Gasteiger partial charge in [-0.25, -0.2) is 22.8 Å². The van der Waals surface area contributed by atoms with Crippen LogP contribution in [0.4, 0.5) is 23.7 Å². The Morgan fingerprint density at radius 3 is 2.28 bits per heavy atom. The van der Waals surface area contributed by atoms with Gasteiger partial charge in [0.2, 0.25) is 0 Å². The van der Waals surface area contributed by atoms with E-state index in [1.54, 1.807) is 0 Å². The van der Waals surface area contributed by atoms with Crippen molar-refractivity contribution in [2.24, 2.45) is 5.73 Å². The van der Waals surface area contributed by atoms with Crippen molar-refractivity contribution < 1.29 is 27.9 Å². The number of urea groups is 1. The number of hydrogen-bond donors (Lipinski definition) is 2. The number of aliphatic carboxylic acids is 1. The number of carbonyl (C=O) groups excluding carboxylic acids is 1. The molecule has 0 saturated heterocycles. The Hall–Kier alpha value is -2.25. The first-order valence-corrected chi connectivity index (χ1v) is 4.72. The van der Waals surface area contributed by atoms with Crippen LogP contribution in [0.3, 0.4) is 0 Å². The summed E-state index contributed by atoms with van der Waals surface area (Å²) in [5.41, 5.74) is 4.17. The van der Waals surface area contributed by atoms with Crippen molar-refractivity contribution in [2.75, 3.05) is 4.90 Å². The van der Waals surface area contributed by atoms with E-state index in [0.29, 0.717) is 11.0 Å². The molecule has 0 radical (unpaired) electrons. The van der Waals surface area contributed by atoms with Gasteiger partial charge in [0.25, 0.3) is 0 Å². The third kappa shape index (κ3) is 2.36. The average molecular weight is 262 g/mol. The number of anilines is 1. The molecular formula is C10H9F3N2O3. The Kier molecular flexibility index (Phi) is 3.79. The van der Waals surface area contributed by atoms with Crippen molar-refractivity contribution in [3.05, 3.63) is 29.6 Å². The lowest BCUT2D eigenvalue weighted by Crippen LogP contribution is -2.47. The molecule has 98 valence electrons. The summed E-state index contributed by atoms with van der Waals surface area (Å²) in [6.45, 7) is 1.05. The summed E-state index contributed by atoms with van der Waals surface area (Å²) in [6.07, 6.45) is 0. The highest BCUT2D eigenvalue weighted by molar-refractivity contribution is 5.97. The van der Waals surface area contributed by atoms with Crippen molar-refractivity contribution in [1.82, 2.24) is 0 Å².